The minimum atomic E-state index is -0.134. The predicted molar refractivity (Wildman–Crippen MR) is 131 cm³/mol. The van der Waals surface area contributed by atoms with Crippen molar-refractivity contribution in [3.8, 4) is 22.8 Å². The van der Waals surface area contributed by atoms with Crippen molar-refractivity contribution in [3.63, 3.8) is 0 Å². The molecule has 0 N–H and O–H groups in total. The Balaban J connectivity index is 1.63. The standard InChI is InChI=1S/C25H26ClN5O3/c1-5-30(3)24(32)15-34-23-13-27-12-20(26)19(23)14-33-22-8-6-7-17-18(11-16(2)29-25(17)22)21-9-10-28-31(21)4/h6-13H,5,14-15H2,1-4H3. The lowest BCUT2D eigenvalue weighted by Gasteiger charge is -2.17. The summed E-state index contributed by atoms with van der Waals surface area (Å²) >= 11 is 6.41. The Morgan fingerprint density at radius 1 is 1.18 bits per heavy atom. The summed E-state index contributed by atoms with van der Waals surface area (Å²) in [5.74, 6) is 0.890. The second kappa shape index (κ2) is 10.1. The zero-order valence-electron chi connectivity index (χ0n) is 19.6. The third-order valence-electron chi connectivity index (χ3n) is 5.62. The molecule has 0 aliphatic heterocycles. The number of halogens is 1. The molecule has 34 heavy (non-hydrogen) atoms. The fraction of sp³-hybridized carbons (Fsp3) is 0.280. The highest BCUT2D eigenvalue weighted by molar-refractivity contribution is 6.31. The van der Waals surface area contributed by atoms with Crippen molar-refractivity contribution in [2.24, 2.45) is 7.05 Å². The molecule has 0 radical (unpaired) electrons. The maximum atomic E-state index is 12.2. The molecule has 4 rings (SSSR count). The van der Waals surface area contributed by atoms with Gasteiger partial charge < -0.3 is 14.4 Å². The van der Waals surface area contributed by atoms with E-state index in [-0.39, 0.29) is 19.1 Å². The van der Waals surface area contributed by atoms with Crippen LogP contribution in [-0.4, -0.2) is 50.8 Å². The van der Waals surface area contributed by atoms with Gasteiger partial charge in [0, 0.05) is 49.7 Å². The lowest BCUT2D eigenvalue weighted by atomic mass is 10.0. The molecule has 0 saturated heterocycles. The second-order valence-electron chi connectivity index (χ2n) is 7.89. The fourth-order valence-corrected chi connectivity index (χ4v) is 3.81. The van der Waals surface area contributed by atoms with Crippen molar-refractivity contribution >= 4 is 28.4 Å². The number of fused-ring (bicyclic) bond motifs is 1. The molecule has 4 aromatic rings. The number of carbonyl (C=O) groups is 1. The number of amides is 1. The molecule has 9 heteroatoms. The van der Waals surface area contributed by atoms with E-state index in [1.165, 1.54) is 12.4 Å². The van der Waals surface area contributed by atoms with Crippen LogP contribution in [0.25, 0.3) is 22.2 Å². The monoisotopic (exact) mass is 479 g/mol. The van der Waals surface area contributed by atoms with Crippen molar-refractivity contribution in [1.29, 1.82) is 0 Å². The van der Waals surface area contributed by atoms with Gasteiger partial charge in [-0.1, -0.05) is 23.7 Å². The number of ether oxygens (including phenoxy) is 2. The zero-order chi connectivity index (χ0) is 24.2. The first-order chi connectivity index (χ1) is 16.4. The average molecular weight is 480 g/mol. The molecule has 0 spiro atoms. The molecule has 0 unspecified atom stereocenters. The second-order valence-corrected chi connectivity index (χ2v) is 8.29. The van der Waals surface area contributed by atoms with Crippen LogP contribution in [-0.2, 0) is 18.4 Å². The number of rotatable bonds is 8. The normalized spacial score (nSPS) is 11.0. The average Bonchev–Trinajstić information content (AvgIpc) is 3.26. The first-order valence-electron chi connectivity index (χ1n) is 10.9. The Kier molecular flexibility index (Phi) is 6.98. The summed E-state index contributed by atoms with van der Waals surface area (Å²) in [7, 11) is 3.63. The van der Waals surface area contributed by atoms with Crippen LogP contribution in [0.5, 0.6) is 11.5 Å². The third-order valence-corrected chi connectivity index (χ3v) is 5.94. The maximum absolute atomic E-state index is 12.2. The Morgan fingerprint density at radius 2 is 2.00 bits per heavy atom. The van der Waals surface area contributed by atoms with Gasteiger partial charge in [-0.15, -0.1) is 0 Å². The van der Waals surface area contributed by atoms with E-state index >= 15 is 0 Å². The first-order valence-corrected chi connectivity index (χ1v) is 11.3. The number of carbonyl (C=O) groups excluding carboxylic acids is 1. The fourth-order valence-electron chi connectivity index (χ4n) is 3.60. The molecule has 1 aromatic carbocycles. The van der Waals surface area contributed by atoms with Gasteiger partial charge in [0.1, 0.15) is 23.6 Å². The molecule has 3 aromatic heterocycles. The van der Waals surface area contributed by atoms with E-state index in [1.807, 2.05) is 55.9 Å². The van der Waals surface area contributed by atoms with Gasteiger partial charge in [-0.3, -0.25) is 14.5 Å². The summed E-state index contributed by atoms with van der Waals surface area (Å²) in [6.07, 6.45) is 4.84. The SMILES string of the molecule is CCN(C)C(=O)COc1cncc(Cl)c1COc1cccc2c(-c3ccnn3C)cc(C)nc12. The van der Waals surface area contributed by atoms with Gasteiger partial charge in [0.25, 0.3) is 5.91 Å². The lowest BCUT2D eigenvalue weighted by Crippen LogP contribution is -2.31. The molecule has 0 fully saturated rings. The highest BCUT2D eigenvalue weighted by Crippen LogP contribution is 2.34. The van der Waals surface area contributed by atoms with Gasteiger partial charge in [-0.05, 0) is 32.0 Å². The van der Waals surface area contributed by atoms with Crippen molar-refractivity contribution < 1.29 is 14.3 Å². The van der Waals surface area contributed by atoms with Crippen LogP contribution in [0.1, 0.15) is 18.2 Å². The summed E-state index contributed by atoms with van der Waals surface area (Å²) < 4.78 is 13.8. The predicted octanol–water partition coefficient (Wildman–Crippen LogP) is 4.43. The van der Waals surface area contributed by atoms with Crippen molar-refractivity contribution in [2.75, 3.05) is 20.2 Å². The van der Waals surface area contributed by atoms with Crippen LogP contribution in [0, 0.1) is 6.92 Å². The maximum Gasteiger partial charge on any atom is 0.260 e. The highest BCUT2D eigenvalue weighted by Gasteiger charge is 2.16. The van der Waals surface area contributed by atoms with Crippen molar-refractivity contribution in [3.05, 3.63) is 65.2 Å². The first kappa shape index (κ1) is 23.5. The number of likely N-dealkylation sites (N-methyl/N-ethyl adjacent to an activating group) is 1. The number of benzene rings is 1. The summed E-state index contributed by atoms with van der Waals surface area (Å²) in [5, 5.41) is 5.65. The Bertz CT molecular complexity index is 1340. The van der Waals surface area contributed by atoms with Crippen LogP contribution in [0.3, 0.4) is 0 Å². The summed E-state index contributed by atoms with van der Waals surface area (Å²) in [5.41, 5.74) is 4.23. The van der Waals surface area contributed by atoms with Gasteiger partial charge in [0.05, 0.1) is 22.5 Å². The number of aromatic nitrogens is 4. The van der Waals surface area contributed by atoms with Gasteiger partial charge in [0.2, 0.25) is 0 Å². The van der Waals surface area contributed by atoms with E-state index in [0.29, 0.717) is 28.6 Å². The number of aryl methyl sites for hydroxylation is 2. The van der Waals surface area contributed by atoms with Crippen molar-refractivity contribution in [1.82, 2.24) is 24.6 Å². The molecular formula is C25H26ClN5O3. The lowest BCUT2D eigenvalue weighted by molar-refractivity contribution is -0.131. The molecule has 3 heterocycles. The zero-order valence-corrected chi connectivity index (χ0v) is 20.3. The van der Waals surface area contributed by atoms with Gasteiger partial charge in [0.15, 0.2) is 6.61 Å². The number of para-hydroxylation sites is 1. The van der Waals surface area contributed by atoms with E-state index in [1.54, 1.807) is 18.1 Å². The van der Waals surface area contributed by atoms with Crippen LogP contribution in [0.15, 0.2) is 48.9 Å². The third kappa shape index (κ3) is 4.82. The minimum absolute atomic E-state index is 0.109. The van der Waals surface area contributed by atoms with Crippen LogP contribution >= 0.6 is 11.6 Å². The van der Waals surface area contributed by atoms with E-state index in [0.717, 1.165) is 27.9 Å². The molecule has 0 aliphatic rings. The van der Waals surface area contributed by atoms with E-state index < -0.39 is 0 Å². The van der Waals surface area contributed by atoms with E-state index in [2.05, 4.69) is 10.1 Å². The quantitative estimate of drug-likeness (QED) is 0.372. The summed E-state index contributed by atoms with van der Waals surface area (Å²) in [4.78, 5) is 22.6. The topological polar surface area (TPSA) is 82.4 Å². The molecule has 1 amide bonds. The molecule has 0 bridgehead atoms. The molecule has 0 aliphatic carbocycles. The van der Waals surface area contributed by atoms with E-state index in [4.69, 9.17) is 26.1 Å². The smallest absolute Gasteiger partial charge is 0.260 e. The largest absolute Gasteiger partial charge is 0.486 e. The molecule has 176 valence electrons. The van der Waals surface area contributed by atoms with Gasteiger partial charge >= 0.3 is 0 Å². The minimum Gasteiger partial charge on any atom is -0.486 e. The van der Waals surface area contributed by atoms with Crippen molar-refractivity contribution in [2.45, 2.75) is 20.5 Å². The molecule has 8 nitrogen and oxygen atoms in total. The van der Waals surface area contributed by atoms with Crippen LogP contribution in [0.4, 0.5) is 0 Å². The highest BCUT2D eigenvalue weighted by atomic mass is 35.5. The summed E-state index contributed by atoms with van der Waals surface area (Å²) in [6, 6.07) is 9.83. The Hall–Kier alpha value is -3.65. The number of nitrogens with zero attached hydrogens (tertiary/aromatic N) is 5. The van der Waals surface area contributed by atoms with E-state index in [9.17, 15) is 4.79 Å². The van der Waals surface area contributed by atoms with Crippen LogP contribution in [0.2, 0.25) is 5.02 Å². The number of hydrogen-bond donors (Lipinski definition) is 0. The molecule has 0 atom stereocenters. The molecule has 0 saturated carbocycles. The van der Waals surface area contributed by atoms with Gasteiger partial charge in [-0.25, -0.2) is 4.98 Å². The Labute approximate surface area is 203 Å². The van der Waals surface area contributed by atoms with Gasteiger partial charge in [-0.2, -0.15) is 5.10 Å². The number of pyridine rings is 2. The summed E-state index contributed by atoms with van der Waals surface area (Å²) in [6.45, 7) is 4.47. The Morgan fingerprint density at radius 3 is 2.74 bits per heavy atom. The van der Waals surface area contributed by atoms with Crippen LogP contribution < -0.4 is 9.47 Å². The number of hydrogen-bond acceptors (Lipinski definition) is 6. The molecular weight excluding hydrogens is 454 g/mol.